The van der Waals surface area contributed by atoms with Crippen molar-refractivity contribution in [2.24, 2.45) is 7.05 Å². The number of nitrogens with one attached hydrogen (secondary N) is 1. The predicted molar refractivity (Wildman–Crippen MR) is 76.7 cm³/mol. The molecule has 0 fully saturated rings. The van der Waals surface area contributed by atoms with Crippen molar-refractivity contribution < 1.29 is 9.90 Å². The number of hydrogen-bond donors (Lipinski definition) is 2. The smallest absolute Gasteiger partial charge is 0.254 e. The number of benzene rings is 1. The number of aliphatic hydroxyl groups excluding tert-OH is 1. The number of hydrogen-bond acceptors (Lipinski definition) is 3. The number of aryl methyl sites for hydroxylation is 2. The SMILES string of the molecule is Cc1nn(C)cc1C(=O)NCC(O)c1ccc(Cl)cc1. The second-order valence-corrected chi connectivity index (χ2v) is 5.02. The normalized spacial score (nSPS) is 12.2. The van der Waals surface area contributed by atoms with Crippen LogP contribution in [-0.4, -0.2) is 27.3 Å². The second-order valence-electron chi connectivity index (χ2n) is 4.58. The number of rotatable bonds is 4. The van der Waals surface area contributed by atoms with E-state index in [1.807, 2.05) is 0 Å². The summed E-state index contributed by atoms with van der Waals surface area (Å²) in [5, 5.41) is 17.4. The molecule has 1 atom stereocenters. The Balaban J connectivity index is 1.96. The van der Waals surface area contributed by atoms with Gasteiger partial charge < -0.3 is 10.4 Å². The van der Waals surface area contributed by atoms with Gasteiger partial charge in [0.05, 0.1) is 17.4 Å². The summed E-state index contributed by atoms with van der Waals surface area (Å²) in [6.45, 7) is 1.90. The lowest BCUT2D eigenvalue weighted by Gasteiger charge is -2.12. The Kier molecular flexibility index (Phi) is 4.42. The summed E-state index contributed by atoms with van der Waals surface area (Å²) in [6.07, 6.45) is 0.882. The van der Waals surface area contributed by atoms with Crippen molar-refractivity contribution in [3.8, 4) is 0 Å². The summed E-state index contributed by atoms with van der Waals surface area (Å²) >= 11 is 5.78. The number of halogens is 1. The van der Waals surface area contributed by atoms with Gasteiger partial charge in [-0.05, 0) is 24.6 Å². The Morgan fingerprint density at radius 1 is 1.45 bits per heavy atom. The first-order valence-corrected chi connectivity index (χ1v) is 6.57. The molecule has 1 amide bonds. The number of aromatic nitrogens is 2. The number of carbonyl (C=O) groups is 1. The summed E-state index contributed by atoms with van der Waals surface area (Å²) in [4.78, 5) is 12.0. The lowest BCUT2D eigenvalue weighted by atomic mass is 10.1. The van der Waals surface area contributed by atoms with Crippen molar-refractivity contribution in [3.05, 3.63) is 52.3 Å². The van der Waals surface area contributed by atoms with Crippen molar-refractivity contribution in [2.75, 3.05) is 6.54 Å². The average Bonchev–Trinajstić information content (AvgIpc) is 2.75. The molecule has 0 spiro atoms. The maximum Gasteiger partial charge on any atom is 0.254 e. The molecule has 1 heterocycles. The van der Waals surface area contributed by atoms with Gasteiger partial charge in [-0.1, -0.05) is 23.7 Å². The Bertz CT molecular complexity index is 607. The van der Waals surface area contributed by atoms with Crippen LogP contribution in [0.5, 0.6) is 0 Å². The van der Waals surface area contributed by atoms with Crippen LogP contribution >= 0.6 is 11.6 Å². The highest BCUT2D eigenvalue weighted by atomic mass is 35.5. The first kappa shape index (κ1) is 14.6. The molecule has 0 radical (unpaired) electrons. The molecule has 20 heavy (non-hydrogen) atoms. The molecule has 6 heteroatoms. The van der Waals surface area contributed by atoms with Crippen molar-refractivity contribution in [3.63, 3.8) is 0 Å². The third-order valence-electron chi connectivity index (χ3n) is 2.97. The predicted octanol–water partition coefficient (Wildman–Crippen LogP) is 1.85. The van der Waals surface area contributed by atoms with Crippen molar-refractivity contribution >= 4 is 17.5 Å². The summed E-state index contributed by atoms with van der Waals surface area (Å²) in [5.41, 5.74) is 1.87. The minimum Gasteiger partial charge on any atom is -0.387 e. The summed E-state index contributed by atoms with van der Waals surface area (Å²) in [6, 6.07) is 6.86. The summed E-state index contributed by atoms with van der Waals surface area (Å²) in [5.74, 6) is -0.247. The van der Waals surface area contributed by atoms with Crippen LogP contribution in [0.3, 0.4) is 0 Å². The lowest BCUT2D eigenvalue weighted by molar-refractivity contribution is 0.0915. The summed E-state index contributed by atoms with van der Waals surface area (Å²) in [7, 11) is 1.76. The Hall–Kier alpha value is -1.85. The molecule has 0 aliphatic rings. The highest BCUT2D eigenvalue weighted by molar-refractivity contribution is 6.30. The third-order valence-corrected chi connectivity index (χ3v) is 3.22. The van der Waals surface area contributed by atoms with Gasteiger partial charge in [0.25, 0.3) is 5.91 Å². The molecule has 2 N–H and O–H groups in total. The van der Waals surface area contributed by atoms with Crippen LogP contribution in [-0.2, 0) is 7.05 Å². The standard InChI is InChI=1S/C14H16ClN3O2/c1-9-12(8-18(2)17-9)14(20)16-7-13(19)10-3-5-11(15)6-4-10/h3-6,8,13,19H,7H2,1-2H3,(H,16,20). The molecule has 0 aliphatic heterocycles. The van der Waals surface area contributed by atoms with Crippen LogP contribution in [0, 0.1) is 6.92 Å². The van der Waals surface area contributed by atoms with E-state index in [2.05, 4.69) is 10.4 Å². The minimum absolute atomic E-state index is 0.134. The molecule has 1 aromatic heterocycles. The molecular formula is C14H16ClN3O2. The van der Waals surface area contributed by atoms with E-state index >= 15 is 0 Å². The highest BCUT2D eigenvalue weighted by Gasteiger charge is 2.14. The van der Waals surface area contributed by atoms with Gasteiger partial charge in [0.1, 0.15) is 0 Å². The third kappa shape index (κ3) is 3.37. The monoisotopic (exact) mass is 293 g/mol. The zero-order valence-electron chi connectivity index (χ0n) is 11.3. The van der Waals surface area contributed by atoms with E-state index in [0.717, 1.165) is 0 Å². The molecule has 2 aromatic rings. The minimum atomic E-state index is -0.770. The van der Waals surface area contributed by atoms with Crippen molar-refractivity contribution in [1.29, 1.82) is 0 Å². The van der Waals surface area contributed by atoms with E-state index in [1.165, 1.54) is 0 Å². The van der Waals surface area contributed by atoms with Crippen molar-refractivity contribution in [2.45, 2.75) is 13.0 Å². The van der Waals surface area contributed by atoms with E-state index in [9.17, 15) is 9.90 Å². The van der Waals surface area contributed by atoms with Gasteiger partial charge in [0.15, 0.2) is 0 Å². The number of amides is 1. The van der Waals surface area contributed by atoms with Crippen LogP contribution in [0.25, 0.3) is 0 Å². The molecule has 0 bridgehead atoms. The first-order chi connectivity index (χ1) is 9.47. The number of nitrogens with zero attached hydrogens (tertiary/aromatic N) is 2. The first-order valence-electron chi connectivity index (χ1n) is 6.19. The quantitative estimate of drug-likeness (QED) is 0.904. The largest absolute Gasteiger partial charge is 0.387 e. The molecule has 0 saturated heterocycles. The van der Waals surface area contributed by atoms with Gasteiger partial charge in [0.2, 0.25) is 0 Å². The van der Waals surface area contributed by atoms with Crippen LogP contribution in [0.1, 0.15) is 27.7 Å². The topological polar surface area (TPSA) is 67.2 Å². The molecule has 1 aromatic carbocycles. The molecule has 5 nitrogen and oxygen atoms in total. The van der Waals surface area contributed by atoms with Gasteiger partial charge >= 0.3 is 0 Å². The fraction of sp³-hybridized carbons (Fsp3) is 0.286. The van der Waals surface area contributed by atoms with Gasteiger partial charge in [-0.2, -0.15) is 5.10 Å². The Morgan fingerprint density at radius 3 is 2.65 bits per heavy atom. The zero-order chi connectivity index (χ0) is 14.7. The molecule has 0 saturated carbocycles. The van der Waals surface area contributed by atoms with E-state index in [4.69, 9.17) is 11.6 Å². The molecule has 2 rings (SSSR count). The fourth-order valence-electron chi connectivity index (χ4n) is 1.91. The van der Waals surface area contributed by atoms with Crippen LogP contribution in [0.15, 0.2) is 30.5 Å². The van der Waals surface area contributed by atoms with Crippen LogP contribution in [0.2, 0.25) is 5.02 Å². The zero-order valence-corrected chi connectivity index (χ0v) is 12.1. The second kappa shape index (κ2) is 6.07. The Labute approximate surface area is 122 Å². The maximum atomic E-state index is 12.0. The van der Waals surface area contributed by atoms with Gasteiger partial charge in [0, 0.05) is 24.8 Å². The van der Waals surface area contributed by atoms with Crippen LogP contribution in [0.4, 0.5) is 0 Å². The van der Waals surface area contributed by atoms with Crippen molar-refractivity contribution in [1.82, 2.24) is 15.1 Å². The number of carbonyl (C=O) groups excluding carboxylic acids is 1. The Morgan fingerprint density at radius 2 is 2.10 bits per heavy atom. The highest BCUT2D eigenvalue weighted by Crippen LogP contribution is 2.16. The molecule has 106 valence electrons. The molecule has 0 aliphatic carbocycles. The van der Waals surface area contributed by atoms with Gasteiger partial charge in [-0.3, -0.25) is 9.48 Å². The molecule has 1 unspecified atom stereocenters. The van der Waals surface area contributed by atoms with Crippen LogP contribution < -0.4 is 5.32 Å². The van der Waals surface area contributed by atoms with E-state index in [-0.39, 0.29) is 12.5 Å². The van der Waals surface area contributed by atoms with E-state index in [1.54, 1.807) is 49.1 Å². The van der Waals surface area contributed by atoms with Gasteiger partial charge in [-0.15, -0.1) is 0 Å². The molecular weight excluding hydrogens is 278 g/mol. The van der Waals surface area contributed by atoms with Gasteiger partial charge in [-0.25, -0.2) is 0 Å². The van der Waals surface area contributed by atoms with E-state index in [0.29, 0.717) is 21.8 Å². The summed E-state index contributed by atoms with van der Waals surface area (Å²) < 4.78 is 1.58. The fourth-order valence-corrected chi connectivity index (χ4v) is 2.04. The van der Waals surface area contributed by atoms with E-state index < -0.39 is 6.10 Å². The number of aliphatic hydroxyl groups is 1. The average molecular weight is 294 g/mol. The lowest BCUT2D eigenvalue weighted by Crippen LogP contribution is -2.28. The maximum absolute atomic E-state index is 12.0.